The first-order valence-corrected chi connectivity index (χ1v) is 5.88. The molecule has 0 atom stereocenters. The predicted octanol–water partition coefficient (Wildman–Crippen LogP) is 2.01. The summed E-state index contributed by atoms with van der Waals surface area (Å²) >= 11 is 0. The number of ether oxygens (including phenoxy) is 2. The minimum atomic E-state index is -0.370. The van der Waals surface area contributed by atoms with Crippen LogP contribution in [-0.2, 0) is 4.74 Å². The first-order chi connectivity index (χ1) is 8.74. The SMILES string of the molecule is COC(=O)c1cc(OC)c2ncc(C3CC3)n2c1. The molecule has 5 nitrogen and oxygen atoms in total. The molecule has 2 aromatic rings. The number of esters is 1. The second-order valence-corrected chi connectivity index (χ2v) is 4.44. The maximum atomic E-state index is 11.6. The Labute approximate surface area is 104 Å². The Balaban J connectivity index is 2.21. The van der Waals surface area contributed by atoms with Crippen LogP contribution < -0.4 is 4.74 Å². The topological polar surface area (TPSA) is 52.8 Å². The zero-order valence-corrected chi connectivity index (χ0v) is 10.3. The molecule has 1 aliphatic carbocycles. The van der Waals surface area contributed by atoms with Crippen molar-refractivity contribution < 1.29 is 14.3 Å². The summed E-state index contributed by atoms with van der Waals surface area (Å²) in [6.07, 6.45) is 5.98. The quantitative estimate of drug-likeness (QED) is 0.777. The van der Waals surface area contributed by atoms with Crippen LogP contribution in [0.4, 0.5) is 0 Å². The van der Waals surface area contributed by atoms with E-state index in [9.17, 15) is 4.79 Å². The highest BCUT2D eigenvalue weighted by atomic mass is 16.5. The number of aromatic nitrogens is 2. The van der Waals surface area contributed by atoms with Crippen molar-refractivity contribution in [1.82, 2.24) is 9.38 Å². The number of methoxy groups -OCH3 is 2. The Morgan fingerprint density at radius 2 is 2.22 bits per heavy atom. The predicted molar refractivity (Wildman–Crippen MR) is 65.1 cm³/mol. The first-order valence-electron chi connectivity index (χ1n) is 5.88. The fraction of sp³-hybridized carbons (Fsp3) is 0.385. The smallest absolute Gasteiger partial charge is 0.339 e. The summed E-state index contributed by atoms with van der Waals surface area (Å²) in [6.45, 7) is 0. The lowest BCUT2D eigenvalue weighted by atomic mass is 10.2. The minimum Gasteiger partial charge on any atom is -0.493 e. The lowest BCUT2D eigenvalue weighted by molar-refractivity contribution is 0.0599. The third kappa shape index (κ3) is 1.63. The van der Waals surface area contributed by atoms with Crippen LogP contribution in [0.25, 0.3) is 5.65 Å². The van der Waals surface area contributed by atoms with Crippen LogP contribution in [0, 0.1) is 0 Å². The van der Waals surface area contributed by atoms with E-state index in [4.69, 9.17) is 9.47 Å². The van der Waals surface area contributed by atoms with Gasteiger partial charge in [-0.05, 0) is 18.9 Å². The van der Waals surface area contributed by atoms with Crippen molar-refractivity contribution in [3.8, 4) is 5.75 Å². The van der Waals surface area contributed by atoms with Crippen molar-refractivity contribution in [3.63, 3.8) is 0 Å². The van der Waals surface area contributed by atoms with Crippen LogP contribution in [-0.4, -0.2) is 29.6 Å². The highest BCUT2D eigenvalue weighted by Gasteiger charge is 2.28. The number of hydrogen-bond donors (Lipinski definition) is 0. The summed E-state index contributed by atoms with van der Waals surface area (Å²) in [5.41, 5.74) is 2.35. The van der Waals surface area contributed by atoms with E-state index >= 15 is 0 Å². The standard InChI is InChI=1S/C13H14N2O3/c1-17-11-5-9(13(16)18-2)7-15-10(8-3-4-8)6-14-12(11)15/h5-8H,3-4H2,1-2H3. The minimum absolute atomic E-state index is 0.370. The second-order valence-electron chi connectivity index (χ2n) is 4.44. The molecular formula is C13H14N2O3. The van der Waals surface area contributed by atoms with Gasteiger partial charge in [-0.1, -0.05) is 0 Å². The number of nitrogens with zero attached hydrogens (tertiary/aromatic N) is 2. The molecule has 1 fully saturated rings. The molecule has 2 aromatic heterocycles. The maximum Gasteiger partial charge on any atom is 0.339 e. The second kappa shape index (κ2) is 4.01. The van der Waals surface area contributed by atoms with Gasteiger partial charge in [-0.3, -0.25) is 4.40 Å². The van der Waals surface area contributed by atoms with E-state index in [1.165, 1.54) is 20.0 Å². The van der Waals surface area contributed by atoms with Crippen molar-refractivity contribution in [3.05, 3.63) is 29.7 Å². The number of fused-ring (bicyclic) bond motifs is 1. The number of carbonyl (C=O) groups excluding carboxylic acids is 1. The molecule has 3 rings (SSSR count). The summed E-state index contributed by atoms with van der Waals surface area (Å²) in [5, 5.41) is 0. The summed E-state index contributed by atoms with van der Waals surface area (Å²) in [5.74, 6) is 0.771. The van der Waals surface area contributed by atoms with Gasteiger partial charge in [-0.2, -0.15) is 0 Å². The van der Waals surface area contributed by atoms with E-state index in [0.29, 0.717) is 17.2 Å². The van der Waals surface area contributed by atoms with Crippen LogP contribution in [0.2, 0.25) is 0 Å². The molecule has 0 N–H and O–H groups in total. The zero-order valence-electron chi connectivity index (χ0n) is 10.3. The van der Waals surface area contributed by atoms with E-state index in [1.807, 2.05) is 10.6 Å². The molecule has 0 aromatic carbocycles. The van der Waals surface area contributed by atoms with Crippen molar-refractivity contribution in [2.45, 2.75) is 18.8 Å². The molecule has 94 valence electrons. The van der Waals surface area contributed by atoms with E-state index < -0.39 is 0 Å². The van der Waals surface area contributed by atoms with E-state index in [-0.39, 0.29) is 5.97 Å². The van der Waals surface area contributed by atoms with Gasteiger partial charge in [0.25, 0.3) is 0 Å². The van der Waals surface area contributed by atoms with Crippen molar-refractivity contribution in [1.29, 1.82) is 0 Å². The van der Waals surface area contributed by atoms with Crippen molar-refractivity contribution in [2.24, 2.45) is 0 Å². The van der Waals surface area contributed by atoms with Gasteiger partial charge in [0.2, 0.25) is 0 Å². The molecule has 0 amide bonds. The van der Waals surface area contributed by atoms with Gasteiger partial charge in [-0.25, -0.2) is 9.78 Å². The fourth-order valence-electron chi connectivity index (χ4n) is 2.14. The van der Waals surface area contributed by atoms with Gasteiger partial charge in [0.15, 0.2) is 11.4 Å². The average Bonchev–Trinajstić information content (AvgIpc) is 3.16. The van der Waals surface area contributed by atoms with Gasteiger partial charge in [-0.15, -0.1) is 0 Å². The molecule has 1 saturated carbocycles. The van der Waals surface area contributed by atoms with Crippen LogP contribution in [0.5, 0.6) is 5.75 Å². The van der Waals surface area contributed by atoms with E-state index in [0.717, 1.165) is 11.3 Å². The highest BCUT2D eigenvalue weighted by Crippen LogP contribution is 2.41. The monoisotopic (exact) mass is 246 g/mol. The zero-order chi connectivity index (χ0) is 12.7. The molecular weight excluding hydrogens is 232 g/mol. The van der Waals surface area contributed by atoms with E-state index in [2.05, 4.69) is 4.98 Å². The van der Waals surface area contributed by atoms with Crippen LogP contribution >= 0.6 is 0 Å². The third-order valence-corrected chi connectivity index (χ3v) is 3.24. The summed E-state index contributed by atoms with van der Waals surface area (Å²) in [6, 6.07) is 1.66. The van der Waals surface area contributed by atoms with Crippen LogP contribution in [0.15, 0.2) is 18.5 Å². The maximum absolute atomic E-state index is 11.6. The molecule has 2 heterocycles. The summed E-state index contributed by atoms with van der Waals surface area (Å²) in [4.78, 5) is 16.0. The molecule has 1 aliphatic rings. The number of carbonyl (C=O) groups is 1. The number of hydrogen-bond acceptors (Lipinski definition) is 4. The fourth-order valence-corrected chi connectivity index (χ4v) is 2.14. The molecule has 18 heavy (non-hydrogen) atoms. The van der Waals surface area contributed by atoms with Gasteiger partial charge in [0.1, 0.15) is 0 Å². The molecule has 0 radical (unpaired) electrons. The Hall–Kier alpha value is -2.04. The Kier molecular flexibility index (Phi) is 2.47. The highest BCUT2D eigenvalue weighted by molar-refractivity contribution is 5.90. The van der Waals surface area contributed by atoms with Crippen molar-refractivity contribution >= 4 is 11.6 Å². The van der Waals surface area contributed by atoms with E-state index in [1.54, 1.807) is 19.4 Å². The van der Waals surface area contributed by atoms with Crippen molar-refractivity contribution in [2.75, 3.05) is 14.2 Å². The van der Waals surface area contributed by atoms with Crippen LogP contribution in [0.3, 0.4) is 0 Å². The molecule has 5 heteroatoms. The van der Waals surface area contributed by atoms with Gasteiger partial charge >= 0.3 is 5.97 Å². The Morgan fingerprint density at radius 3 is 2.83 bits per heavy atom. The molecule has 0 aliphatic heterocycles. The third-order valence-electron chi connectivity index (χ3n) is 3.24. The molecule has 0 saturated heterocycles. The van der Waals surface area contributed by atoms with Gasteiger partial charge in [0, 0.05) is 24.0 Å². The summed E-state index contributed by atoms with van der Waals surface area (Å²) in [7, 11) is 2.94. The Morgan fingerprint density at radius 1 is 1.44 bits per heavy atom. The molecule has 0 bridgehead atoms. The lowest BCUT2D eigenvalue weighted by Gasteiger charge is -2.07. The normalized spacial score (nSPS) is 14.8. The first kappa shape index (κ1) is 11.1. The average molecular weight is 246 g/mol. The van der Waals surface area contributed by atoms with Gasteiger partial charge in [0.05, 0.1) is 19.8 Å². The molecule has 0 unspecified atom stereocenters. The number of rotatable bonds is 3. The number of pyridine rings is 1. The Bertz CT molecular complexity index is 614. The largest absolute Gasteiger partial charge is 0.493 e. The lowest BCUT2D eigenvalue weighted by Crippen LogP contribution is -2.05. The number of imidazole rings is 1. The molecule has 0 spiro atoms. The van der Waals surface area contributed by atoms with Crippen LogP contribution in [0.1, 0.15) is 34.8 Å². The van der Waals surface area contributed by atoms with Gasteiger partial charge < -0.3 is 9.47 Å². The summed E-state index contributed by atoms with van der Waals surface area (Å²) < 4.78 is 12.0.